The fraction of sp³-hybridized carbons (Fsp3) is 0.320. The normalized spacial score (nSPS) is 15.2. The third-order valence-corrected chi connectivity index (χ3v) is 6.12. The lowest BCUT2D eigenvalue weighted by Crippen LogP contribution is -2.34. The van der Waals surface area contributed by atoms with Gasteiger partial charge >= 0.3 is 0 Å². The molecule has 0 radical (unpaired) electrons. The fourth-order valence-corrected chi connectivity index (χ4v) is 4.47. The topological polar surface area (TPSA) is 38.5 Å². The molecule has 0 amide bonds. The number of likely N-dealkylation sites (tertiary alicyclic amines) is 1. The van der Waals surface area contributed by atoms with Crippen molar-refractivity contribution in [2.45, 2.75) is 25.2 Å². The highest BCUT2D eigenvalue weighted by molar-refractivity contribution is 5.88. The highest BCUT2D eigenvalue weighted by atomic mass is 35.5. The second-order valence-electron chi connectivity index (χ2n) is 8.15. The van der Waals surface area contributed by atoms with Gasteiger partial charge in [-0.1, -0.05) is 23.4 Å². The lowest BCUT2D eigenvalue weighted by molar-refractivity contribution is 0.191. The summed E-state index contributed by atoms with van der Waals surface area (Å²) in [7, 11) is 0. The molecule has 5 rings (SSSR count). The predicted octanol–water partition coefficient (Wildman–Crippen LogP) is 6.33. The molecule has 168 valence electrons. The molecule has 3 aromatic carbocycles. The zero-order chi connectivity index (χ0) is 21.2. The van der Waals surface area contributed by atoms with E-state index in [0.29, 0.717) is 18.1 Å². The molecule has 0 N–H and O–H groups in total. The smallest absolute Gasteiger partial charge is 0.170 e. The van der Waals surface area contributed by atoms with E-state index in [1.165, 1.54) is 24.3 Å². The van der Waals surface area contributed by atoms with Crippen LogP contribution in [-0.4, -0.2) is 36.3 Å². The third-order valence-electron chi connectivity index (χ3n) is 6.12. The summed E-state index contributed by atoms with van der Waals surface area (Å²) in [5, 5.41) is 6.92. The van der Waals surface area contributed by atoms with Crippen LogP contribution in [-0.2, 0) is 0 Å². The Bertz CT molecular complexity index is 1210. The van der Waals surface area contributed by atoms with Gasteiger partial charge in [-0.3, -0.25) is 0 Å². The van der Waals surface area contributed by atoms with Gasteiger partial charge in [0.15, 0.2) is 5.58 Å². The number of piperidine rings is 1. The average Bonchev–Trinajstić information content (AvgIpc) is 3.20. The summed E-state index contributed by atoms with van der Waals surface area (Å²) in [6.45, 7) is 3.52. The Labute approximate surface area is 191 Å². The zero-order valence-electron chi connectivity index (χ0n) is 17.6. The van der Waals surface area contributed by atoms with Crippen molar-refractivity contribution in [3.05, 3.63) is 71.9 Å². The van der Waals surface area contributed by atoms with Crippen molar-refractivity contribution >= 4 is 34.1 Å². The molecule has 2 heterocycles. The lowest BCUT2D eigenvalue weighted by atomic mass is 9.91. The Balaban J connectivity index is 0.00000245. The van der Waals surface area contributed by atoms with E-state index in [1.54, 1.807) is 12.1 Å². The number of benzene rings is 3. The number of hydrogen-bond acceptors (Lipinski definition) is 4. The zero-order valence-corrected chi connectivity index (χ0v) is 18.4. The number of hydrogen-bond donors (Lipinski definition) is 0. The minimum atomic E-state index is -0.305. The number of aromatic nitrogens is 1. The molecule has 0 aliphatic carbocycles. The third kappa shape index (κ3) is 4.71. The van der Waals surface area contributed by atoms with Crippen molar-refractivity contribution in [2.24, 2.45) is 0 Å². The first-order valence-corrected chi connectivity index (χ1v) is 10.8. The van der Waals surface area contributed by atoms with E-state index in [-0.39, 0.29) is 24.0 Å². The molecule has 7 heteroatoms. The van der Waals surface area contributed by atoms with Gasteiger partial charge in [0.05, 0.1) is 12.3 Å². The summed E-state index contributed by atoms with van der Waals surface area (Å²) in [5.74, 6) is 0.507. The first-order valence-electron chi connectivity index (χ1n) is 10.8. The molecular weight excluding hydrogens is 434 g/mol. The van der Waals surface area contributed by atoms with E-state index in [1.807, 2.05) is 18.2 Å². The maximum Gasteiger partial charge on any atom is 0.170 e. The lowest BCUT2D eigenvalue weighted by Gasteiger charge is -2.31. The van der Waals surface area contributed by atoms with Gasteiger partial charge in [-0.2, -0.15) is 0 Å². The van der Waals surface area contributed by atoms with Gasteiger partial charge in [-0.15, -0.1) is 12.4 Å². The summed E-state index contributed by atoms with van der Waals surface area (Å²) >= 11 is 0. The maximum absolute atomic E-state index is 13.6. The van der Waals surface area contributed by atoms with Crippen LogP contribution in [0.1, 0.15) is 30.9 Å². The highest BCUT2D eigenvalue weighted by Gasteiger charge is 2.25. The fourth-order valence-electron chi connectivity index (χ4n) is 4.47. The molecule has 0 bridgehead atoms. The van der Waals surface area contributed by atoms with Crippen LogP contribution in [0.5, 0.6) is 5.75 Å². The molecule has 4 nitrogen and oxygen atoms in total. The number of halogens is 3. The van der Waals surface area contributed by atoms with Crippen molar-refractivity contribution in [2.75, 3.05) is 26.2 Å². The van der Waals surface area contributed by atoms with Crippen LogP contribution in [0.15, 0.2) is 59.1 Å². The standard InChI is InChI=1S/C25H24F2N2O2.ClH/c26-19-6-5-17-3-1-4-23(22(17)15-19)30-14-2-11-29-12-9-18(10-13-29)25-21-8-7-20(27)16-24(21)31-28-25;/h1,3-8,15-16,18H,2,9-14H2;1H. The molecule has 1 fully saturated rings. The van der Waals surface area contributed by atoms with Crippen LogP contribution in [0.25, 0.3) is 21.7 Å². The van der Waals surface area contributed by atoms with Gasteiger partial charge in [-0.25, -0.2) is 8.78 Å². The molecule has 1 aliphatic heterocycles. The number of nitrogens with zero attached hydrogens (tertiary/aromatic N) is 2. The van der Waals surface area contributed by atoms with E-state index in [4.69, 9.17) is 9.26 Å². The second-order valence-corrected chi connectivity index (χ2v) is 8.15. The summed E-state index contributed by atoms with van der Waals surface area (Å²) in [6.07, 6.45) is 2.91. The number of ether oxygens (including phenoxy) is 1. The molecule has 1 saturated heterocycles. The van der Waals surface area contributed by atoms with Crippen molar-refractivity contribution in [1.29, 1.82) is 0 Å². The summed E-state index contributed by atoms with van der Waals surface area (Å²) in [6, 6.07) is 15.2. The van der Waals surface area contributed by atoms with Crippen LogP contribution in [0.3, 0.4) is 0 Å². The van der Waals surface area contributed by atoms with Crippen LogP contribution >= 0.6 is 12.4 Å². The molecule has 1 aromatic heterocycles. The van der Waals surface area contributed by atoms with Gasteiger partial charge in [0, 0.05) is 29.3 Å². The Morgan fingerprint density at radius 1 is 0.969 bits per heavy atom. The van der Waals surface area contributed by atoms with Crippen LogP contribution in [0.4, 0.5) is 8.78 Å². The van der Waals surface area contributed by atoms with E-state index >= 15 is 0 Å². The van der Waals surface area contributed by atoms with Crippen LogP contribution in [0, 0.1) is 11.6 Å². The van der Waals surface area contributed by atoms with Gasteiger partial charge in [-0.05, 0) is 68.1 Å². The molecule has 4 aromatic rings. The first-order chi connectivity index (χ1) is 15.2. The van der Waals surface area contributed by atoms with Gasteiger partial charge in [0.1, 0.15) is 17.4 Å². The van der Waals surface area contributed by atoms with Crippen LogP contribution < -0.4 is 4.74 Å². The summed E-state index contributed by atoms with van der Waals surface area (Å²) in [4.78, 5) is 2.44. The Hall–Kier alpha value is -2.70. The number of rotatable bonds is 6. The van der Waals surface area contributed by atoms with E-state index in [0.717, 1.165) is 66.5 Å². The molecule has 0 spiro atoms. The average molecular weight is 459 g/mol. The highest BCUT2D eigenvalue weighted by Crippen LogP contribution is 2.33. The largest absolute Gasteiger partial charge is 0.493 e. The molecule has 1 aliphatic rings. The predicted molar refractivity (Wildman–Crippen MR) is 124 cm³/mol. The van der Waals surface area contributed by atoms with Crippen molar-refractivity contribution in [3.63, 3.8) is 0 Å². The SMILES string of the molecule is Cl.Fc1ccc2c(C3CCN(CCCOc4cccc5ccc(F)cc45)CC3)noc2c1. The molecular formula is C25H25ClF2N2O2. The Morgan fingerprint density at radius 2 is 1.75 bits per heavy atom. The van der Waals surface area contributed by atoms with Gasteiger partial charge < -0.3 is 14.2 Å². The van der Waals surface area contributed by atoms with Crippen molar-refractivity contribution in [1.82, 2.24) is 10.1 Å². The molecule has 0 unspecified atom stereocenters. The van der Waals surface area contributed by atoms with Gasteiger partial charge in [0.25, 0.3) is 0 Å². The number of fused-ring (bicyclic) bond motifs is 2. The second kappa shape index (κ2) is 9.84. The maximum atomic E-state index is 13.6. The monoisotopic (exact) mass is 458 g/mol. The van der Waals surface area contributed by atoms with Crippen molar-refractivity contribution in [3.8, 4) is 5.75 Å². The quantitative estimate of drug-likeness (QED) is 0.316. The molecule has 32 heavy (non-hydrogen) atoms. The summed E-state index contributed by atoms with van der Waals surface area (Å²) < 4.78 is 38.2. The minimum Gasteiger partial charge on any atom is -0.493 e. The van der Waals surface area contributed by atoms with Crippen molar-refractivity contribution < 1.29 is 18.0 Å². The Morgan fingerprint density at radius 3 is 2.59 bits per heavy atom. The van der Waals surface area contributed by atoms with E-state index < -0.39 is 0 Å². The van der Waals surface area contributed by atoms with E-state index in [2.05, 4.69) is 10.1 Å². The minimum absolute atomic E-state index is 0. The van der Waals surface area contributed by atoms with Crippen LogP contribution in [0.2, 0.25) is 0 Å². The molecule has 0 saturated carbocycles. The van der Waals surface area contributed by atoms with E-state index in [9.17, 15) is 8.78 Å². The van der Waals surface area contributed by atoms with Gasteiger partial charge in [0.2, 0.25) is 0 Å². The Kier molecular flexibility index (Phi) is 6.92. The first kappa shape index (κ1) is 22.5. The summed E-state index contributed by atoms with van der Waals surface area (Å²) in [5.41, 5.74) is 1.46. The molecule has 0 atom stereocenters.